The molecule has 0 bridgehead atoms. The summed E-state index contributed by atoms with van der Waals surface area (Å²) in [5.41, 5.74) is 4.88. The summed E-state index contributed by atoms with van der Waals surface area (Å²) in [6, 6.07) is 5.84. The minimum absolute atomic E-state index is 0.0440. The Morgan fingerprint density at radius 3 is 2.56 bits per heavy atom. The van der Waals surface area contributed by atoms with Crippen LogP contribution >= 0.6 is 0 Å². The van der Waals surface area contributed by atoms with Crippen molar-refractivity contribution in [2.24, 2.45) is 10.2 Å². The van der Waals surface area contributed by atoms with Crippen molar-refractivity contribution in [1.29, 1.82) is 0 Å². The molecule has 2 aromatic rings. The molecular weight excluding hydrogens is 213 g/mol. The Morgan fingerprint density at radius 2 is 1.94 bits per heavy atom. The molecule has 1 aromatic heterocycles. The standard InChI is InChI=1S/C9H8FN5O/c10-5-3-1-2-4-6(5)12-13-7-8(11)14-15-9(7)16/h1-4H,(H4,11,14,15,16)/b13-12+. The van der Waals surface area contributed by atoms with E-state index < -0.39 is 11.4 Å². The van der Waals surface area contributed by atoms with Crippen molar-refractivity contribution in [2.45, 2.75) is 0 Å². The lowest BCUT2D eigenvalue weighted by molar-refractivity contribution is 0.628. The Balaban J connectivity index is 2.36. The Morgan fingerprint density at radius 1 is 1.19 bits per heavy atom. The van der Waals surface area contributed by atoms with Crippen LogP contribution < -0.4 is 11.3 Å². The zero-order valence-corrected chi connectivity index (χ0v) is 8.07. The van der Waals surface area contributed by atoms with Gasteiger partial charge in [-0.2, -0.15) is 0 Å². The molecule has 82 valence electrons. The predicted molar refractivity (Wildman–Crippen MR) is 56.4 cm³/mol. The number of aromatic amines is 2. The van der Waals surface area contributed by atoms with Crippen LogP contribution in [0.4, 0.5) is 21.6 Å². The van der Waals surface area contributed by atoms with Crippen LogP contribution in [0.15, 0.2) is 39.3 Å². The second kappa shape index (κ2) is 3.97. The lowest BCUT2D eigenvalue weighted by Crippen LogP contribution is -1.96. The SMILES string of the molecule is Nc1[nH][nH]c(=O)c1/N=N/c1ccccc1F. The Bertz CT molecular complexity index is 586. The van der Waals surface area contributed by atoms with Gasteiger partial charge in [0, 0.05) is 0 Å². The van der Waals surface area contributed by atoms with Crippen molar-refractivity contribution in [2.75, 3.05) is 5.73 Å². The van der Waals surface area contributed by atoms with E-state index in [2.05, 4.69) is 20.4 Å². The third-order valence-electron chi connectivity index (χ3n) is 1.89. The third-order valence-corrected chi connectivity index (χ3v) is 1.89. The first kappa shape index (κ1) is 10.1. The highest BCUT2D eigenvalue weighted by molar-refractivity contribution is 5.55. The molecule has 0 aliphatic heterocycles. The lowest BCUT2D eigenvalue weighted by atomic mass is 10.3. The van der Waals surface area contributed by atoms with Crippen LogP contribution in [-0.2, 0) is 0 Å². The van der Waals surface area contributed by atoms with Crippen molar-refractivity contribution >= 4 is 17.2 Å². The molecule has 16 heavy (non-hydrogen) atoms. The molecule has 0 spiro atoms. The van der Waals surface area contributed by atoms with Crippen molar-refractivity contribution in [1.82, 2.24) is 10.2 Å². The molecule has 6 nitrogen and oxygen atoms in total. The number of hydrogen-bond donors (Lipinski definition) is 3. The number of rotatable bonds is 2. The average molecular weight is 221 g/mol. The van der Waals surface area contributed by atoms with Gasteiger partial charge in [0.05, 0.1) is 0 Å². The van der Waals surface area contributed by atoms with Crippen LogP contribution in [0.3, 0.4) is 0 Å². The molecule has 4 N–H and O–H groups in total. The van der Waals surface area contributed by atoms with Crippen LogP contribution in [0.25, 0.3) is 0 Å². The van der Waals surface area contributed by atoms with E-state index in [1.807, 2.05) is 0 Å². The minimum atomic E-state index is -0.517. The summed E-state index contributed by atoms with van der Waals surface area (Å²) in [6.07, 6.45) is 0. The number of anilines is 1. The van der Waals surface area contributed by atoms with Gasteiger partial charge in [-0.1, -0.05) is 12.1 Å². The maximum atomic E-state index is 13.1. The molecule has 2 rings (SSSR count). The summed E-state index contributed by atoms with van der Waals surface area (Å²) in [6.45, 7) is 0. The van der Waals surface area contributed by atoms with Crippen LogP contribution in [0, 0.1) is 5.82 Å². The summed E-state index contributed by atoms with van der Waals surface area (Å²) >= 11 is 0. The van der Waals surface area contributed by atoms with Gasteiger partial charge in [-0.15, -0.1) is 10.2 Å². The van der Waals surface area contributed by atoms with Crippen molar-refractivity contribution in [3.8, 4) is 0 Å². The summed E-state index contributed by atoms with van der Waals surface area (Å²) in [5.74, 6) is -0.457. The van der Waals surface area contributed by atoms with E-state index >= 15 is 0 Å². The molecule has 0 fully saturated rings. The number of nitrogen functional groups attached to an aromatic ring is 1. The summed E-state index contributed by atoms with van der Waals surface area (Å²) in [4.78, 5) is 11.1. The topological polar surface area (TPSA) is 99.4 Å². The number of nitrogens with one attached hydrogen (secondary N) is 2. The molecule has 0 aliphatic rings. The molecule has 1 heterocycles. The normalized spacial score (nSPS) is 11.1. The van der Waals surface area contributed by atoms with Crippen molar-refractivity contribution in [3.05, 3.63) is 40.4 Å². The fourth-order valence-corrected chi connectivity index (χ4v) is 1.10. The average Bonchev–Trinajstić information content (AvgIpc) is 2.58. The number of hydrogen-bond acceptors (Lipinski definition) is 4. The molecule has 0 atom stereocenters. The van der Waals surface area contributed by atoms with E-state index in [9.17, 15) is 9.18 Å². The molecule has 0 amide bonds. The van der Waals surface area contributed by atoms with E-state index in [-0.39, 0.29) is 17.2 Å². The molecule has 0 saturated heterocycles. The van der Waals surface area contributed by atoms with Gasteiger partial charge in [-0.25, -0.2) is 4.39 Å². The van der Waals surface area contributed by atoms with Gasteiger partial charge in [-0.05, 0) is 12.1 Å². The fourth-order valence-electron chi connectivity index (χ4n) is 1.10. The molecule has 1 aromatic carbocycles. The van der Waals surface area contributed by atoms with Crippen LogP contribution in [0.1, 0.15) is 0 Å². The quantitative estimate of drug-likeness (QED) is 0.674. The van der Waals surface area contributed by atoms with Crippen molar-refractivity contribution in [3.63, 3.8) is 0 Å². The van der Waals surface area contributed by atoms with E-state index in [4.69, 9.17) is 5.73 Å². The first-order valence-electron chi connectivity index (χ1n) is 4.41. The van der Waals surface area contributed by atoms with Crippen molar-refractivity contribution < 1.29 is 4.39 Å². The third kappa shape index (κ3) is 1.83. The van der Waals surface area contributed by atoms with Gasteiger partial charge in [0.25, 0.3) is 5.56 Å². The zero-order valence-electron chi connectivity index (χ0n) is 8.07. The number of nitrogens with two attached hydrogens (primary N) is 1. The maximum Gasteiger partial charge on any atom is 0.293 e. The summed E-state index contributed by atoms with van der Waals surface area (Å²) in [5, 5.41) is 11.8. The van der Waals surface area contributed by atoms with Gasteiger partial charge in [0.1, 0.15) is 11.5 Å². The highest BCUT2D eigenvalue weighted by Crippen LogP contribution is 2.20. The van der Waals surface area contributed by atoms with Gasteiger partial charge in [0.2, 0.25) is 0 Å². The smallest absolute Gasteiger partial charge is 0.293 e. The highest BCUT2D eigenvalue weighted by Gasteiger charge is 2.05. The monoisotopic (exact) mass is 221 g/mol. The van der Waals surface area contributed by atoms with E-state index in [0.29, 0.717) is 0 Å². The van der Waals surface area contributed by atoms with Crippen LogP contribution in [-0.4, -0.2) is 10.2 Å². The first-order valence-corrected chi connectivity index (χ1v) is 4.41. The molecule has 0 aliphatic carbocycles. The van der Waals surface area contributed by atoms with Gasteiger partial charge < -0.3 is 5.73 Å². The number of halogens is 1. The zero-order chi connectivity index (χ0) is 11.5. The Hall–Kier alpha value is -2.44. The van der Waals surface area contributed by atoms with Gasteiger partial charge in [0.15, 0.2) is 11.5 Å². The Kier molecular flexibility index (Phi) is 2.50. The van der Waals surface area contributed by atoms with Gasteiger partial charge in [-0.3, -0.25) is 15.0 Å². The molecule has 0 saturated carbocycles. The second-order valence-corrected chi connectivity index (χ2v) is 2.99. The second-order valence-electron chi connectivity index (χ2n) is 2.99. The molecule has 7 heteroatoms. The van der Waals surface area contributed by atoms with E-state index in [0.717, 1.165) is 0 Å². The number of nitrogens with zero attached hydrogens (tertiary/aromatic N) is 2. The van der Waals surface area contributed by atoms with E-state index in [1.165, 1.54) is 18.2 Å². The van der Waals surface area contributed by atoms with Gasteiger partial charge >= 0.3 is 0 Å². The fraction of sp³-hybridized carbons (Fsp3) is 0. The highest BCUT2D eigenvalue weighted by atomic mass is 19.1. The first-order chi connectivity index (χ1) is 7.68. The largest absolute Gasteiger partial charge is 0.382 e. The number of H-pyrrole nitrogens is 2. The number of aromatic nitrogens is 2. The molecule has 0 unspecified atom stereocenters. The minimum Gasteiger partial charge on any atom is -0.382 e. The summed E-state index contributed by atoms with van der Waals surface area (Å²) in [7, 11) is 0. The molecule has 0 radical (unpaired) electrons. The van der Waals surface area contributed by atoms with E-state index in [1.54, 1.807) is 6.07 Å². The van der Waals surface area contributed by atoms with Crippen LogP contribution in [0.5, 0.6) is 0 Å². The maximum absolute atomic E-state index is 13.1. The summed E-state index contributed by atoms with van der Waals surface area (Å²) < 4.78 is 13.1. The van der Waals surface area contributed by atoms with Crippen LogP contribution in [0.2, 0.25) is 0 Å². The number of benzene rings is 1. The lowest BCUT2D eigenvalue weighted by Gasteiger charge is -1.92. The number of azo groups is 1. The Labute approximate surface area is 89.0 Å². The molecular formula is C9H8FN5O. The predicted octanol–water partition coefficient (Wildman–Crippen LogP) is 1.84.